The molecule has 1 aliphatic heterocycles. The van der Waals surface area contributed by atoms with Gasteiger partial charge in [0.25, 0.3) is 11.5 Å². The maximum absolute atomic E-state index is 14.0. The Hall–Kier alpha value is -4.42. The minimum Gasteiger partial charge on any atom is -0.507 e. The lowest BCUT2D eigenvalue weighted by Crippen LogP contribution is -2.29. The Balaban J connectivity index is 1.55. The lowest BCUT2D eigenvalue weighted by molar-refractivity contribution is -0.384. The van der Waals surface area contributed by atoms with Crippen LogP contribution in [0.25, 0.3) is 5.76 Å². The number of nitrogens with zero attached hydrogens (tertiary/aromatic N) is 4. The number of hydrogen-bond donors (Lipinski definition) is 1. The fourth-order valence-corrected chi connectivity index (χ4v) is 5.96. The number of aromatic nitrogens is 2. The number of anilines is 1. The smallest absolute Gasteiger partial charge is 0.301 e. The van der Waals surface area contributed by atoms with E-state index in [-0.39, 0.29) is 33.7 Å². The number of hydrogen-bond acceptors (Lipinski definition) is 9. The van der Waals surface area contributed by atoms with Gasteiger partial charge in [0.2, 0.25) is 5.13 Å². The average molecular weight is 563 g/mol. The van der Waals surface area contributed by atoms with E-state index in [1.54, 1.807) is 42.5 Å². The number of benzene rings is 3. The van der Waals surface area contributed by atoms with Crippen molar-refractivity contribution in [3.8, 4) is 0 Å². The summed E-state index contributed by atoms with van der Waals surface area (Å²) in [6.45, 7) is 1.87. The molecule has 0 saturated carbocycles. The number of carbonyl (C=O) groups is 2. The van der Waals surface area contributed by atoms with Gasteiger partial charge in [0, 0.05) is 23.4 Å². The van der Waals surface area contributed by atoms with Gasteiger partial charge in [-0.05, 0) is 36.2 Å². The van der Waals surface area contributed by atoms with Crippen LogP contribution in [0.15, 0.2) is 82.7 Å². The van der Waals surface area contributed by atoms with Gasteiger partial charge in [0.15, 0.2) is 4.34 Å². The molecule has 5 rings (SSSR count). The fourth-order valence-electron chi connectivity index (χ4n) is 4.10. The number of Topliss-reactive ketones (excluding diaryl/α,β-unsaturated/α-hetero) is 1. The normalized spacial score (nSPS) is 16.6. The van der Waals surface area contributed by atoms with E-state index in [2.05, 4.69) is 10.2 Å². The third-order valence-electron chi connectivity index (χ3n) is 6.10. The molecule has 4 aromatic rings. The first-order chi connectivity index (χ1) is 18.7. The van der Waals surface area contributed by atoms with Crippen LogP contribution in [-0.2, 0) is 15.3 Å². The Morgan fingerprint density at radius 2 is 1.77 bits per heavy atom. The van der Waals surface area contributed by atoms with Crippen LogP contribution in [0.3, 0.4) is 0 Å². The van der Waals surface area contributed by atoms with Gasteiger partial charge in [-0.15, -0.1) is 10.2 Å². The van der Waals surface area contributed by atoms with E-state index in [9.17, 15) is 29.2 Å². The van der Waals surface area contributed by atoms with Crippen molar-refractivity contribution in [1.82, 2.24) is 10.2 Å². The standard InChI is InChI=1S/C27H19FN4O5S2/c1-15-6-8-17(9-7-15)23(33)21-22(16-10-12-19(13-11-16)32(36)37)31(25(35)24(21)34)26-29-30-27(39-26)38-14-18-4-2-3-5-20(18)28/h2-13,22,33H,14H2,1H3/b23-21-. The number of non-ortho nitro benzene ring substituents is 1. The molecule has 0 spiro atoms. The summed E-state index contributed by atoms with van der Waals surface area (Å²) in [6.07, 6.45) is 0. The number of aryl methyl sites for hydroxylation is 1. The van der Waals surface area contributed by atoms with E-state index in [1.807, 2.05) is 6.92 Å². The SMILES string of the molecule is Cc1ccc(/C(O)=C2/C(=O)C(=O)N(c3nnc(SCc4ccccc4F)s3)C2c2ccc([N+](=O)[O-])cc2)cc1. The van der Waals surface area contributed by atoms with Gasteiger partial charge >= 0.3 is 5.91 Å². The number of rotatable bonds is 7. The first kappa shape index (κ1) is 26.2. The lowest BCUT2D eigenvalue weighted by Gasteiger charge is -2.22. The third kappa shape index (κ3) is 5.16. The molecule has 196 valence electrons. The molecule has 1 atom stereocenters. The Kier molecular flexibility index (Phi) is 7.22. The minimum absolute atomic E-state index is 0.0967. The van der Waals surface area contributed by atoms with Crippen LogP contribution >= 0.6 is 23.1 Å². The maximum atomic E-state index is 14.0. The molecule has 0 aliphatic carbocycles. The van der Waals surface area contributed by atoms with E-state index in [0.29, 0.717) is 21.0 Å². The van der Waals surface area contributed by atoms with Gasteiger partial charge in [0.1, 0.15) is 11.6 Å². The molecule has 1 unspecified atom stereocenters. The Morgan fingerprint density at radius 1 is 1.08 bits per heavy atom. The largest absolute Gasteiger partial charge is 0.507 e. The molecule has 1 aliphatic rings. The lowest BCUT2D eigenvalue weighted by atomic mass is 9.95. The number of carbonyl (C=O) groups excluding carboxylic acids is 2. The van der Waals surface area contributed by atoms with Crippen LogP contribution in [0.5, 0.6) is 0 Å². The molecule has 1 saturated heterocycles. The molecule has 39 heavy (non-hydrogen) atoms. The van der Waals surface area contributed by atoms with Crippen molar-refractivity contribution in [2.24, 2.45) is 0 Å². The first-order valence-corrected chi connectivity index (χ1v) is 13.4. The summed E-state index contributed by atoms with van der Waals surface area (Å²) in [4.78, 5) is 38.3. The quantitative estimate of drug-likeness (QED) is 0.0569. The Morgan fingerprint density at radius 3 is 2.44 bits per heavy atom. The summed E-state index contributed by atoms with van der Waals surface area (Å²) in [5.41, 5.74) is 1.77. The number of thioether (sulfide) groups is 1. The van der Waals surface area contributed by atoms with Gasteiger partial charge in [-0.1, -0.05) is 71.1 Å². The minimum atomic E-state index is -1.11. The zero-order chi connectivity index (χ0) is 27.7. The molecule has 3 aromatic carbocycles. The van der Waals surface area contributed by atoms with E-state index >= 15 is 0 Å². The summed E-state index contributed by atoms with van der Waals surface area (Å²) in [5, 5.41) is 30.7. The van der Waals surface area contributed by atoms with Crippen molar-refractivity contribution in [3.63, 3.8) is 0 Å². The molecule has 1 amide bonds. The van der Waals surface area contributed by atoms with Crippen LogP contribution < -0.4 is 4.90 Å². The summed E-state index contributed by atoms with van der Waals surface area (Å²) < 4.78 is 14.5. The van der Waals surface area contributed by atoms with E-state index in [4.69, 9.17) is 0 Å². The van der Waals surface area contributed by atoms with Crippen molar-refractivity contribution in [1.29, 1.82) is 0 Å². The van der Waals surface area contributed by atoms with Crippen LogP contribution in [0.1, 0.15) is 28.3 Å². The molecular formula is C27H19FN4O5S2. The molecular weight excluding hydrogens is 543 g/mol. The van der Waals surface area contributed by atoms with Crippen LogP contribution in [0, 0.1) is 22.9 Å². The van der Waals surface area contributed by atoms with E-state index in [0.717, 1.165) is 21.8 Å². The first-order valence-electron chi connectivity index (χ1n) is 11.6. The van der Waals surface area contributed by atoms with Crippen molar-refractivity contribution in [3.05, 3.63) is 117 Å². The topological polar surface area (TPSA) is 127 Å². The molecule has 0 bridgehead atoms. The highest BCUT2D eigenvalue weighted by Gasteiger charge is 2.48. The number of amides is 1. The van der Waals surface area contributed by atoms with Crippen LogP contribution in [-0.4, -0.2) is 31.9 Å². The molecule has 1 N–H and O–H groups in total. The summed E-state index contributed by atoms with van der Waals surface area (Å²) >= 11 is 2.26. The van der Waals surface area contributed by atoms with Crippen molar-refractivity contribution >= 4 is 51.4 Å². The maximum Gasteiger partial charge on any atom is 0.301 e. The molecule has 12 heteroatoms. The highest BCUT2D eigenvalue weighted by atomic mass is 32.2. The second kappa shape index (κ2) is 10.8. The van der Waals surface area contributed by atoms with Crippen molar-refractivity contribution in [2.45, 2.75) is 23.1 Å². The Bertz CT molecular complexity index is 1620. The predicted octanol–water partition coefficient (Wildman–Crippen LogP) is 5.81. The molecule has 2 heterocycles. The average Bonchev–Trinajstić information content (AvgIpc) is 3.50. The monoisotopic (exact) mass is 562 g/mol. The predicted molar refractivity (Wildman–Crippen MR) is 145 cm³/mol. The van der Waals surface area contributed by atoms with Gasteiger partial charge < -0.3 is 5.11 Å². The number of ketones is 1. The molecule has 1 fully saturated rings. The van der Waals surface area contributed by atoms with E-state index < -0.39 is 22.7 Å². The number of nitro groups is 1. The highest BCUT2D eigenvalue weighted by Crippen LogP contribution is 2.44. The fraction of sp³-hybridized carbons (Fsp3) is 0.111. The van der Waals surface area contributed by atoms with E-state index in [1.165, 1.54) is 42.1 Å². The Labute approximate surface area is 229 Å². The van der Waals surface area contributed by atoms with Crippen molar-refractivity contribution in [2.75, 3.05) is 4.90 Å². The number of aliphatic hydroxyl groups excluding tert-OH is 1. The van der Waals surface area contributed by atoms with Gasteiger partial charge in [-0.2, -0.15) is 0 Å². The number of halogens is 1. The molecule has 0 radical (unpaired) electrons. The van der Waals surface area contributed by atoms with Crippen LogP contribution in [0.4, 0.5) is 15.2 Å². The zero-order valence-electron chi connectivity index (χ0n) is 20.3. The van der Waals surface area contributed by atoms with Crippen molar-refractivity contribution < 1.29 is 24.0 Å². The summed E-state index contributed by atoms with van der Waals surface area (Å²) in [7, 11) is 0. The molecule has 9 nitrogen and oxygen atoms in total. The molecule has 1 aromatic heterocycles. The second-order valence-electron chi connectivity index (χ2n) is 8.61. The van der Waals surface area contributed by atoms with Gasteiger partial charge in [-0.25, -0.2) is 4.39 Å². The number of nitro benzene ring substituents is 1. The zero-order valence-corrected chi connectivity index (χ0v) is 21.9. The highest BCUT2D eigenvalue weighted by molar-refractivity contribution is 8.00. The third-order valence-corrected chi connectivity index (χ3v) is 8.20. The number of aliphatic hydroxyl groups is 1. The summed E-state index contributed by atoms with van der Waals surface area (Å²) in [5.74, 6) is -2.30. The van der Waals surface area contributed by atoms with Crippen LogP contribution in [0.2, 0.25) is 0 Å². The van der Waals surface area contributed by atoms with Gasteiger partial charge in [0.05, 0.1) is 16.5 Å². The van der Waals surface area contributed by atoms with Gasteiger partial charge in [-0.3, -0.25) is 24.6 Å². The summed E-state index contributed by atoms with van der Waals surface area (Å²) in [6, 6.07) is 17.4. The second-order valence-corrected chi connectivity index (χ2v) is 10.8.